The second-order valence-corrected chi connectivity index (χ2v) is 10.2. The highest BCUT2D eigenvalue weighted by molar-refractivity contribution is 9.10. The normalized spacial score (nSPS) is 15.2. The van der Waals surface area contributed by atoms with E-state index in [-0.39, 0.29) is 17.7 Å². The molecule has 3 aromatic rings. The molecule has 0 N–H and O–H groups in total. The maximum absolute atomic E-state index is 13.9. The zero-order valence-corrected chi connectivity index (χ0v) is 24.6. The number of benzene rings is 1. The minimum Gasteiger partial charge on any atom is -0.493 e. The number of halogens is 1. The van der Waals surface area contributed by atoms with Crippen molar-refractivity contribution >= 4 is 45.2 Å². The summed E-state index contributed by atoms with van der Waals surface area (Å²) in [4.78, 5) is 34.2. The molecule has 11 heteroatoms. The van der Waals surface area contributed by atoms with Gasteiger partial charge in [-0.2, -0.15) is 0 Å². The van der Waals surface area contributed by atoms with Gasteiger partial charge in [0.1, 0.15) is 5.76 Å². The fourth-order valence-corrected chi connectivity index (χ4v) is 5.99. The van der Waals surface area contributed by atoms with Gasteiger partial charge >= 0.3 is 5.97 Å². The number of methoxy groups -OCH3 is 2. The highest BCUT2D eigenvalue weighted by Gasteiger charge is 2.35. The zero-order chi connectivity index (χ0) is 27.6. The van der Waals surface area contributed by atoms with Crippen LogP contribution in [0.2, 0.25) is 0 Å². The lowest BCUT2D eigenvalue weighted by Crippen LogP contribution is -2.40. The Morgan fingerprint density at radius 1 is 1.18 bits per heavy atom. The molecule has 1 aliphatic rings. The van der Waals surface area contributed by atoms with E-state index in [0.717, 1.165) is 19.0 Å². The largest absolute Gasteiger partial charge is 0.493 e. The molecule has 0 saturated heterocycles. The molecule has 202 valence electrons. The fourth-order valence-electron chi connectivity index (χ4n) is 4.42. The van der Waals surface area contributed by atoms with Crippen LogP contribution in [0.1, 0.15) is 45.1 Å². The van der Waals surface area contributed by atoms with Crippen molar-refractivity contribution in [3.05, 3.63) is 71.0 Å². The summed E-state index contributed by atoms with van der Waals surface area (Å²) in [5, 5.41) is 0. The number of carbonyl (C=O) groups excluding carboxylic acids is 1. The summed E-state index contributed by atoms with van der Waals surface area (Å²) in [6.45, 7) is 9.39. The molecule has 1 atom stereocenters. The SMILES string of the molecule is CCOC(=O)C1=C(C)N=c2s/c(=C\c3ccc(N(CC)CC)o3)c(=O)n2[C@H]1c1cc(OC)c(OC)cc1Br. The number of hydrogen-bond donors (Lipinski definition) is 0. The van der Waals surface area contributed by atoms with Crippen molar-refractivity contribution in [3.63, 3.8) is 0 Å². The number of thiazole rings is 1. The number of carbonyl (C=O) groups is 1. The summed E-state index contributed by atoms with van der Waals surface area (Å²) in [5.41, 5.74) is 1.09. The van der Waals surface area contributed by atoms with E-state index in [9.17, 15) is 9.59 Å². The zero-order valence-electron chi connectivity index (χ0n) is 22.2. The highest BCUT2D eigenvalue weighted by atomic mass is 79.9. The maximum Gasteiger partial charge on any atom is 0.338 e. The van der Waals surface area contributed by atoms with Crippen LogP contribution in [0.5, 0.6) is 11.5 Å². The van der Waals surface area contributed by atoms with Crippen LogP contribution in [0.3, 0.4) is 0 Å². The van der Waals surface area contributed by atoms with Gasteiger partial charge < -0.3 is 23.5 Å². The summed E-state index contributed by atoms with van der Waals surface area (Å²) in [5.74, 6) is 1.73. The fraction of sp³-hybridized carbons (Fsp3) is 0.370. The van der Waals surface area contributed by atoms with Crippen LogP contribution in [0.25, 0.3) is 6.08 Å². The van der Waals surface area contributed by atoms with Crippen molar-refractivity contribution < 1.29 is 23.4 Å². The van der Waals surface area contributed by atoms with E-state index < -0.39 is 12.0 Å². The van der Waals surface area contributed by atoms with Crippen molar-refractivity contribution in [3.8, 4) is 11.5 Å². The molecule has 1 aliphatic heterocycles. The number of hydrogen-bond acceptors (Lipinski definition) is 9. The molecule has 4 rings (SSSR count). The van der Waals surface area contributed by atoms with Gasteiger partial charge in [-0.25, -0.2) is 9.79 Å². The van der Waals surface area contributed by atoms with E-state index in [1.165, 1.54) is 23.0 Å². The van der Waals surface area contributed by atoms with Gasteiger partial charge in [0.05, 0.1) is 42.7 Å². The van der Waals surface area contributed by atoms with Crippen LogP contribution in [-0.2, 0) is 9.53 Å². The van der Waals surface area contributed by atoms with Gasteiger partial charge in [0.2, 0.25) is 0 Å². The van der Waals surface area contributed by atoms with Gasteiger partial charge in [0.15, 0.2) is 22.2 Å². The lowest BCUT2D eigenvalue weighted by atomic mass is 9.95. The number of anilines is 1. The molecule has 38 heavy (non-hydrogen) atoms. The number of allylic oxidation sites excluding steroid dienone is 1. The van der Waals surface area contributed by atoms with Crippen molar-refractivity contribution in [1.29, 1.82) is 0 Å². The summed E-state index contributed by atoms with van der Waals surface area (Å²) >= 11 is 4.84. The molecule has 0 radical (unpaired) electrons. The Balaban J connectivity index is 1.94. The highest BCUT2D eigenvalue weighted by Crippen LogP contribution is 2.40. The van der Waals surface area contributed by atoms with E-state index in [4.69, 9.17) is 18.6 Å². The minimum absolute atomic E-state index is 0.188. The number of fused-ring (bicyclic) bond motifs is 1. The smallest absolute Gasteiger partial charge is 0.338 e. The molecule has 0 spiro atoms. The third-order valence-corrected chi connectivity index (χ3v) is 7.95. The molecule has 0 fully saturated rings. The Morgan fingerprint density at radius 2 is 1.87 bits per heavy atom. The molecular weight excluding hydrogens is 574 g/mol. The first-order valence-corrected chi connectivity index (χ1v) is 13.8. The van der Waals surface area contributed by atoms with E-state index in [1.54, 1.807) is 39.2 Å². The third-order valence-electron chi connectivity index (χ3n) is 6.28. The predicted octanol–water partition coefficient (Wildman–Crippen LogP) is 4.02. The number of rotatable bonds is 9. The van der Waals surface area contributed by atoms with Crippen molar-refractivity contribution in [2.75, 3.05) is 38.8 Å². The average molecular weight is 605 g/mol. The van der Waals surface area contributed by atoms with Gasteiger partial charge in [0, 0.05) is 29.7 Å². The molecule has 0 bridgehead atoms. The van der Waals surface area contributed by atoms with Crippen LogP contribution in [0.4, 0.5) is 5.88 Å². The van der Waals surface area contributed by atoms with E-state index in [0.29, 0.717) is 42.3 Å². The number of furan rings is 1. The first-order chi connectivity index (χ1) is 18.3. The summed E-state index contributed by atoms with van der Waals surface area (Å²) in [6, 6.07) is 6.43. The predicted molar refractivity (Wildman–Crippen MR) is 150 cm³/mol. The first kappa shape index (κ1) is 27.7. The minimum atomic E-state index is -0.801. The number of aromatic nitrogens is 1. The summed E-state index contributed by atoms with van der Waals surface area (Å²) < 4.78 is 24.9. The van der Waals surface area contributed by atoms with Crippen LogP contribution in [-0.4, -0.2) is 44.5 Å². The third kappa shape index (κ3) is 5.04. The van der Waals surface area contributed by atoms with E-state index >= 15 is 0 Å². The second-order valence-electron chi connectivity index (χ2n) is 8.38. The first-order valence-electron chi connectivity index (χ1n) is 12.2. The molecule has 9 nitrogen and oxygen atoms in total. The van der Waals surface area contributed by atoms with Crippen molar-refractivity contribution in [2.45, 2.75) is 33.7 Å². The Hall–Kier alpha value is -3.31. The lowest BCUT2D eigenvalue weighted by Gasteiger charge is -2.26. The molecule has 0 unspecified atom stereocenters. The average Bonchev–Trinajstić information content (AvgIpc) is 3.48. The van der Waals surface area contributed by atoms with Crippen LogP contribution >= 0.6 is 27.3 Å². The Morgan fingerprint density at radius 3 is 2.50 bits per heavy atom. The van der Waals surface area contributed by atoms with E-state index in [2.05, 4.69) is 39.7 Å². The van der Waals surface area contributed by atoms with Crippen molar-refractivity contribution in [2.24, 2.45) is 4.99 Å². The van der Waals surface area contributed by atoms with Gasteiger partial charge in [-0.1, -0.05) is 27.3 Å². The van der Waals surface area contributed by atoms with Crippen LogP contribution in [0.15, 0.2) is 54.2 Å². The van der Waals surface area contributed by atoms with Gasteiger partial charge in [-0.05, 0) is 51.5 Å². The lowest BCUT2D eigenvalue weighted by molar-refractivity contribution is -0.139. The summed E-state index contributed by atoms with van der Waals surface area (Å²) in [6.07, 6.45) is 1.71. The molecule has 0 aliphatic carbocycles. The molecule has 0 amide bonds. The number of esters is 1. The van der Waals surface area contributed by atoms with Gasteiger partial charge in [-0.3, -0.25) is 9.36 Å². The van der Waals surface area contributed by atoms with Crippen LogP contribution < -0.4 is 29.3 Å². The Bertz CT molecular complexity index is 1560. The van der Waals surface area contributed by atoms with Gasteiger partial charge in [0.25, 0.3) is 5.56 Å². The van der Waals surface area contributed by atoms with Crippen molar-refractivity contribution in [1.82, 2.24) is 4.57 Å². The molecule has 2 aromatic heterocycles. The number of nitrogens with zero attached hydrogens (tertiary/aromatic N) is 3. The summed E-state index contributed by atoms with van der Waals surface area (Å²) in [7, 11) is 3.08. The topological polar surface area (TPSA) is 95.5 Å². The monoisotopic (exact) mass is 603 g/mol. The Labute approximate surface area is 232 Å². The number of ether oxygens (including phenoxy) is 3. The molecule has 0 saturated carbocycles. The molecular formula is C27H30BrN3O6S. The quantitative estimate of drug-likeness (QED) is 0.341. The molecule has 1 aromatic carbocycles. The van der Waals surface area contributed by atoms with Crippen LogP contribution in [0, 0.1) is 0 Å². The molecule has 3 heterocycles. The standard InChI is InChI=1S/C27H30BrN3O6S/c1-7-30(8-2)22-11-10-16(37-22)12-21-25(32)31-24(17-13-19(34-5)20(35-6)14-18(17)28)23(26(33)36-9-3)15(4)29-27(31)38-21/h10-14,24H,7-9H2,1-6H3/b21-12-/t24-/m0/s1. The second kappa shape index (κ2) is 11.6. The maximum atomic E-state index is 13.9. The van der Waals surface area contributed by atoms with Gasteiger partial charge in [-0.15, -0.1) is 0 Å². The Kier molecular flexibility index (Phi) is 8.47. The van der Waals surface area contributed by atoms with E-state index in [1.807, 2.05) is 12.1 Å².